The molecule has 8 nitrogen and oxygen atoms in total. The fraction of sp³-hybridized carbons (Fsp3) is 0.227. The van der Waals surface area contributed by atoms with Gasteiger partial charge in [-0.25, -0.2) is 0 Å². The summed E-state index contributed by atoms with van der Waals surface area (Å²) < 4.78 is 15.0. The highest BCUT2D eigenvalue weighted by atomic mass is 16.5. The van der Waals surface area contributed by atoms with Crippen molar-refractivity contribution in [1.29, 1.82) is 0 Å². The number of carbonyl (C=O) groups excluding carboxylic acids is 3. The summed E-state index contributed by atoms with van der Waals surface area (Å²) in [4.78, 5) is 36.7. The van der Waals surface area contributed by atoms with Crippen molar-refractivity contribution in [3.63, 3.8) is 0 Å². The van der Waals surface area contributed by atoms with Crippen molar-refractivity contribution in [2.45, 2.75) is 6.92 Å². The Balaban J connectivity index is 2.22. The first-order valence-electron chi connectivity index (χ1n) is 9.21. The molecule has 0 atom stereocenters. The lowest BCUT2D eigenvalue weighted by Crippen LogP contribution is -2.37. The largest absolute Gasteiger partial charge is 0.497 e. The van der Waals surface area contributed by atoms with Crippen molar-refractivity contribution >= 4 is 23.9 Å². The van der Waals surface area contributed by atoms with Crippen molar-refractivity contribution in [2.24, 2.45) is 0 Å². The highest BCUT2D eigenvalue weighted by molar-refractivity contribution is 6.05. The Morgan fingerprint density at radius 3 is 2.00 bits per heavy atom. The third-order valence-electron chi connectivity index (χ3n) is 3.97. The molecule has 158 valence electrons. The fourth-order valence-corrected chi connectivity index (χ4v) is 2.42. The van der Waals surface area contributed by atoms with Crippen LogP contribution in [0.1, 0.15) is 22.8 Å². The van der Waals surface area contributed by atoms with E-state index in [4.69, 9.17) is 14.2 Å². The van der Waals surface area contributed by atoms with Gasteiger partial charge in [0, 0.05) is 5.56 Å². The fourth-order valence-electron chi connectivity index (χ4n) is 2.42. The third-order valence-corrected chi connectivity index (χ3v) is 3.97. The summed E-state index contributed by atoms with van der Waals surface area (Å²) in [5, 5.41) is 5.03. The van der Waals surface area contributed by atoms with Crippen molar-refractivity contribution in [2.75, 3.05) is 27.4 Å². The topological polar surface area (TPSA) is 103 Å². The zero-order valence-corrected chi connectivity index (χ0v) is 17.1. The van der Waals surface area contributed by atoms with E-state index in [9.17, 15) is 14.4 Å². The average molecular weight is 412 g/mol. The number of hydrogen-bond acceptors (Lipinski definition) is 6. The van der Waals surface area contributed by atoms with Crippen LogP contribution in [-0.2, 0) is 14.3 Å². The number of benzene rings is 2. The number of hydrogen-bond donors (Lipinski definition) is 2. The van der Waals surface area contributed by atoms with Crippen LogP contribution in [0.15, 0.2) is 54.2 Å². The quantitative estimate of drug-likeness (QED) is 0.483. The van der Waals surface area contributed by atoms with Crippen LogP contribution in [0.3, 0.4) is 0 Å². The SMILES string of the molecule is CCOC(=O)CNC(=O)/C(=C/c1ccc(OC)cc1)NC(=O)c1ccc(OC)cc1. The molecule has 2 amide bonds. The molecule has 2 aromatic rings. The van der Waals surface area contributed by atoms with Gasteiger partial charge in [-0.2, -0.15) is 0 Å². The third kappa shape index (κ3) is 6.66. The van der Waals surface area contributed by atoms with Gasteiger partial charge in [0.2, 0.25) is 0 Å². The van der Waals surface area contributed by atoms with E-state index < -0.39 is 17.8 Å². The van der Waals surface area contributed by atoms with Crippen LogP contribution in [0, 0.1) is 0 Å². The second-order valence-corrected chi connectivity index (χ2v) is 6.00. The molecule has 0 saturated carbocycles. The van der Waals surface area contributed by atoms with Crippen molar-refractivity contribution in [1.82, 2.24) is 10.6 Å². The van der Waals surface area contributed by atoms with E-state index in [1.54, 1.807) is 62.6 Å². The molecule has 2 rings (SSSR count). The summed E-state index contributed by atoms with van der Waals surface area (Å²) in [7, 11) is 3.08. The summed E-state index contributed by atoms with van der Waals surface area (Å²) in [5.74, 6) is -0.420. The first-order chi connectivity index (χ1) is 14.5. The highest BCUT2D eigenvalue weighted by Gasteiger charge is 2.16. The number of amides is 2. The van der Waals surface area contributed by atoms with E-state index in [1.165, 1.54) is 13.2 Å². The monoisotopic (exact) mass is 412 g/mol. The molecule has 0 spiro atoms. The minimum Gasteiger partial charge on any atom is -0.497 e. The maximum absolute atomic E-state index is 12.6. The zero-order valence-electron chi connectivity index (χ0n) is 17.1. The minimum atomic E-state index is -0.624. The molecule has 0 radical (unpaired) electrons. The van der Waals surface area contributed by atoms with E-state index in [0.29, 0.717) is 22.6 Å². The molecule has 0 heterocycles. The van der Waals surface area contributed by atoms with Gasteiger partial charge in [-0.3, -0.25) is 14.4 Å². The number of methoxy groups -OCH3 is 2. The summed E-state index contributed by atoms with van der Waals surface area (Å²) in [5.41, 5.74) is 0.979. The molecular weight excluding hydrogens is 388 g/mol. The van der Waals surface area contributed by atoms with E-state index >= 15 is 0 Å². The lowest BCUT2D eigenvalue weighted by atomic mass is 10.1. The van der Waals surface area contributed by atoms with Crippen LogP contribution >= 0.6 is 0 Å². The van der Waals surface area contributed by atoms with Gasteiger partial charge in [0.15, 0.2) is 0 Å². The van der Waals surface area contributed by atoms with E-state index in [1.807, 2.05) is 0 Å². The van der Waals surface area contributed by atoms with Gasteiger partial charge in [0.05, 0.1) is 20.8 Å². The predicted molar refractivity (Wildman–Crippen MR) is 111 cm³/mol. The first kappa shape index (κ1) is 22.5. The maximum atomic E-state index is 12.6. The van der Waals surface area contributed by atoms with Gasteiger partial charge in [0.25, 0.3) is 11.8 Å². The number of carbonyl (C=O) groups is 3. The average Bonchev–Trinajstić information content (AvgIpc) is 2.77. The summed E-state index contributed by atoms with van der Waals surface area (Å²) in [6.07, 6.45) is 1.50. The number of nitrogens with one attached hydrogen (secondary N) is 2. The first-order valence-corrected chi connectivity index (χ1v) is 9.21. The molecule has 0 unspecified atom stereocenters. The molecule has 8 heteroatoms. The molecular formula is C22H24N2O6. The summed E-state index contributed by atoms with van der Waals surface area (Å²) in [6.45, 7) is 1.56. The Kier molecular flexibility index (Phi) is 8.43. The highest BCUT2D eigenvalue weighted by Crippen LogP contribution is 2.15. The molecule has 2 N–H and O–H groups in total. The van der Waals surface area contributed by atoms with E-state index in [-0.39, 0.29) is 18.8 Å². The normalized spacial score (nSPS) is 10.7. The van der Waals surface area contributed by atoms with Gasteiger partial charge in [-0.05, 0) is 55.0 Å². The number of rotatable bonds is 9. The van der Waals surface area contributed by atoms with E-state index in [2.05, 4.69) is 10.6 Å². The van der Waals surface area contributed by atoms with Gasteiger partial charge >= 0.3 is 5.97 Å². The molecule has 0 aliphatic heterocycles. The van der Waals surface area contributed by atoms with Crippen molar-refractivity contribution in [3.05, 3.63) is 65.4 Å². The van der Waals surface area contributed by atoms with E-state index in [0.717, 1.165) is 0 Å². The van der Waals surface area contributed by atoms with Gasteiger partial charge in [-0.1, -0.05) is 12.1 Å². The van der Waals surface area contributed by atoms with Crippen LogP contribution in [0.25, 0.3) is 6.08 Å². The van der Waals surface area contributed by atoms with Gasteiger partial charge in [-0.15, -0.1) is 0 Å². The standard InChI is InChI=1S/C22H24N2O6/c1-4-30-20(25)14-23-22(27)19(13-15-5-9-17(28-2)10-6-15)24-21(26)16-7-11-18(29-3)12-8-16/h5-13H,4,14H2,1-3H3,(H,23,27)(H,24,26)/b19-13-. The predicted octanol–water partition coefficient (Wildman–Crippen LogP) is 2.15. The summed E-state index contributed by atoms with van der Waals surface area (Å²) >= 11 is 0. The Hall–Kier alpha value is -3.81. The lowest BCUT2D eigenvalue weighted by molar-refractivity contribution is -0.143. The van der Waals surface area contributed by atoms with Crippen LogP contribution in [0.5, 0.6) is 11.5 Å². The van der Waals surface area contributed by atoms with Crippen molar-refractivity contribution in [3.8, 4) is 11.5 Å². The smallest absolute Gasteiger partial charge is 0.325 e. The van der Waals surface area contributed by atoms with Crippen LogP contribution in [0.4, 0.5) is 0 Å². The van der Waals surface area contributed by atoms with Crippen LogP contribution in [0.2, 0.25) is 0 Å². The number of esters is 1. The molecule has 0 saturated heterocycles. The molecule has 30 heavy (non-hydrogen) atoms. The molecule has 0 aliphatic rings. The second-order valence-electron chi connectivity index (χ2n) is 6.00. The Morgan fingerprint density at radius 1 is 0.900 bits per heavy atom. The molecule has 0 aliphatic carbocycles. The minimum absolute atomic E-state index is 0.0229. The van der Waals surface area contributed by atoms with Crippen molar-refractivity contribution < 1.29 is 28.6 Å². The Labute approximate surface area is 174 Å². The Bertz CT molecular complexity index is 904. The summed E-state index contributed by atoms with van der Waals surface area (Å²) in [6, 6.07) is 13.4. The Morgan fingerprint density at radius 2 is 1.47 bits per heavy atom. The van der Waals surface area contributed by atoms with Crippen LogP contribution in [-0.4, -0.2) is 45.2 Å². The molecule has 0 bridgehead atoms. The lowest BCUT2D eigenvalue weighted by Gasteiger charge is -2.11. The molecule has 0 fully saturated rings. The molecule has 2 aromatic carbocycles. The van der Waals surface area contributed by atoms with Crippen LogP contribution < -0.4 is 20.1 Å². The second kappa shape index (κ2) is 11.3. The maximum Gasteiger partial charge on any atom is 0.325 e. The van der Waals surface area contributed by atoms with Gasteiger partial charge < -0.3 is 24.8 Å². The number of ether oxygens (including phenoxy) is 3. The molecule has 0 aromatic heterocycles. The zero-order chi connectivity index (χ0) is 21.9. The van der Waals surface area contributed by atoms with Gasteiger partial charge in [0.1, 0.15) is 23.7 Å².